The van der Waals surface area contributed by atoms with Gasteiger partial charge in [-0.15, -0.1) is 0 Å². The Morgan fingerprint density at radius 3 is 2.12 bits per heavy atom. The summed E-state index contributed by atoms with van der Waals surface area (Å²) >= 11 is 0. The van der Waals surface area contributed by atoms with E-state index in [4.69, 9.17) is 4.74 Å². The van der Waals surface area contributed by atoms with Crippen molar-refractivity contribution in [2.75, 3.05) is 6.61 Å². The minimum absolute atomic E-state index is 0.799. The fraction of sp³-hybridized carbons (Fsp3) is 0.667. The van der Waals surface area contributed by atoms with Crippen LogP contribution in [-0.2, 0) is 6.42 Å². The van der Waals surface area contributed by atoms with E-state index in [0.29, 0.717) is 0 Å². The van der Waals surface area contributed by atoms with Gasteiger partial charge in [0.1, 0.15) is 5.75 Å². The third-order valence-electron chi connectivity index (χ3n) is 7.35. The van der Waals surface area contributed by atoms with E-state index in [1.54, 1.807) is 0 Å². The van der Waals surface area contributed by atoms with Gasteiger partial charge in [-0.3, -0.25) is 0 Å². The van der Waals surface area contributed by atoms with Crippen LogP contribution in [0.15, 0.2) is 36.7 Å². The molecule has 3 heteroatoms. The predicted octanol–water partition coefficient (Wildman–Crippen LogP) is 8.81. The predicted molar refractivity (Wildman–Crippen MR) is 140 cm³/mol. The SMILES string of the molecule is CCCCCCCCc1cnc(-c2ccc(OCCCC3CCCCC3CCC)cc2)nc1. The third kappa shape index (κ3) is 9.10. The normalized spacial score (nSPS) is 18.4. The molecule has 1 aromatic carbocycles. The van der Waals surface area contributed by atoms with E-state index in [0.717, 1.165) is 48.4 Å². The summed E-state index contributed by atoms with van der Waals surface area (Å²) in [6.07, 6.45) is 24.0. The van der Waals surface area contributed by atoms with Gasteiger partial charge in [0, 0.05) is 18.0 Å². The molecule has 0 bridgehead atoms. The Morgan fingerprint density at radius 1 is 0.758 bits per heavy atom. The first-order valence-corrected chi connectivity index (χ1v) is 13.8. The summed E-state index contributed by atoms with van der Waals surface area (Å²) in [5.74, 6) is 3.63. The number of nitrogens with zero attached hydrogens (tertiary/aromatic N) is 2. The molecule has 0 spiro atoms. The molecule has 1 fully saturated rings. The monoisotopic (exact) mass is 450 g/mol. The molecule has 1 aromatic heterocycles. The Hall–Kier alpha value is -1.90. The summed E-state index contributed by atoms with van der Waals surface area (Å²) in [5.41, 5.74) is 2.30. The van der Waals surface area contributed by atoms with Crippen molar-refractivity contribution in [3.63, 3.8) is 0 Å². The molecule has 0 N–H and O–H groups in total. The van der Waals surface area contributed by atoms with E-state index in [-0.39, 0.29) is 0 Å². The van der Waals surface area contributed by atoms with Crippen molar-refractivity contribution in [3.8, 4) is 17.1 Å². The molecule has 0 aliphatic heterocycles. The van der Waals surface area contributed by atoms with Crippen LogP contribution in [0.3, 0.4) is 0 Å². The molecule has 1 heterocycles. The molecule has 0 radical (unpaired) electrons. The van der Waals surface area contributed by atoms with Gasteiger partial charge in [0.2, 0.25) is 0 Å². The van der Waals surface area contributed by atoms with E-state index in [2.05, 4.69) is 48.1 Å². The maximum absolute atomic E-state index is 6.04. The molecule has 0 amide bonds. The van der Waals surface area contributed by atoms with Gasteiger partial charge in [-0.1, -0.05) is 84.5 Å². The van der Waals surface area contributed by atoms with Crippen molar-refractivity contribution >= 4 is 0 Å². The quantitative estimate of drug-likeness (QED) is 0.254. The summed E-state index contributed by atoms with van der Waals surface area (Å²) in [5, 5.41) is 0. The lowest BCUT2D eigenvalue weighted by Crippen LogP contribution is -2.20. The summed E-state index contributed by atoms with van der Waals surface area (Å²) < 4.78 is 6.04. The Kier molecular flexibility index (Phi) is 11.8. The van der Waals surface area contributed by atoms with Crippen LogP contribution in [0.2, 0.25) is 0 Å². The lowest BCUT2D eigenvalue weighted by molar-refractivity contribution is 0.193. The highest BCUT2D eigenvalue weighted by Gasteiger charge is 2.23. The van der Waals surface area contributed by atoms with Crippen LogP contribution < -0.4 is 4.74 Å². The average Bonchev–Trinajstić information content (AvgIpc) is 2.86. The molecular formula is C30H46N2O. The number of rotatable bonds is 15. The van der Waals surface area contributed by atoms with E-state index in [9.17, 15) is 0 Å². The molecule has 2 unspecified atom stereocenters. The molecule has 2 atom stereocenters. The van der Waals surface area contributed by atoms with Gasteiger partial charge in [0.25, 0.3) is 0 Å². The second-order valence-corrected chi connectivity index (χ2v) is 10.0. The fourth-order valence-electron chi connectivity index (χ4n) is 5.39. The Bertz CT molecular complexity index is 754. The van der Waals surface area contributed by atoms with Gasteiger partial charge < -0.3 is 4.74 Å². The Balaban J connectivity index is 1.37. The number of unbranched alkanes of at least 4 members (excludes halogenated alkanes) is 5. The van der Waals surface area contributed by atoms with Gasteiger partial charge in [0.05, 0.1) is 6.61 Å². The van der Waals surface area contributed by atoms with E-state index in [1.807, 2.05) is 12.4 Å². The first kappa shape index (κ1) is 25.7. The van der Waals surface area contributed by atoms with Crippen molar-refractivity contribution in [2.45, 2.75) is 110 Å². The van der Waals surface area contributed by atoms with Crippen LogP contribution in [0, 0.1) is 11.8 Å². The van der Waals surface area contributed by atoms with Crippen molar-refractivity contribution in [1.29, 1.82) is 0 Å². The van der Waals surface area contributed by atoms with Crippen LogP contribution in [0.25, 0.3) is 11.4 Å². The fourth-order valence-corrected chi connectivity index (χ4v) is 5.39. The van der Waals surface area contributed by atoms with Crippen LogP contribution in [-0.4, -0.2) is 16.6 Å². The summed E-state index contributed by atoms with van der Waals surface area (Å²) in [7, 11) is 0. The van der Waals surface area contributed by atoms with Gasteiger partial charge in [-0.05, 0) is 67.3 Å². The first-order chi connectivity index (χ1) is 16.3. The summed E-state index contributed by atoms with van der Waals surface area (Å²) in [4.78, 5) is 9.21. The van der Waals surface area contributed by atoms with Gasteiger partial charge >= 0.3 is 0 Å². The molecule has 1 aliphatic rings. The minimum atomic E-state index is 0.799. The Labute approximate surface area is 202 Å². The number of aryl methyl sites for hydroxylation is 1. The van der Waals surface area contributed by atoms with Gasteiger partial charge in [0.15, 0.2) is 5.82 Å². The molecular weight excluding hydrogens is 404 g/mol. The maximum atomic E-state index is 6.04. The zero-order chi connectivity index (χ0) is 23.1. The zero-order valence-electron chi connectivity index (χ0n) is 21.2. The Morgan fingerprint density at radius 2 is 1.42 bits per heavy atom. The van der Waals surface area contributed by atoms with Crippen LogP contribution >= 0.6 is 0 Å². The standard InChI is InChI=1S/C30H46N2O/c1-3-5-6-7-8-9-14-25-23-31-30(32-24-25)28-18-20-29(21-19-28)33-22-12-17-27-16-11-10-15-26(27)13-4-2/h18-21,23-24,26-27H,3-17,22H2,1-2H3. The first-order valence-electron chi connectivity index (χ1n) is 13.8. The number of ether oxygens (including phenoxy) is 1. The van der Waals surface area contributed by atoms with Crippen molar-refractivity contribution in [3.05, 3.63) is 42.2 Å². The highest BCUT2D eigenvalue weighted by Crippen LogP contribution is 2.36. The number of aromatic nitrogens is 2. The van der Waals surface area contributed by atoms with Crippen molar-refractivity contribution in [1.82, 2.24) is 9.97 Å². The second kappa shape index (κ2) is 15.1. The highest BCUT2D eigenvalue weighted by atomic mass is 16.5. The molecule has 2 aromatic rings. The number of hydrogen-bond acceptors (Lipinski definition) is 3. The zero-order valence-corrected chi connectivity index (χ0v) is 21.2. The molecule has 3 rings (SSSR count). The number of hydrogen-bond donors (Lipinski definition) is 0. The summed E-state index contributed by atoms with van der Waals surface area (Å²) in [6, 6.07) is 8.28. The largest absolute Gasteiger partial charge is 0.494 e. The third-order valence-corrected chi connectivity index (χ3v) is 7.35. The van der Waals surface area contributed by atoms with Crippen LogP contribution in [0.1, 0.15) is 109 Å². The van der Waals surface area contributed by atoms with E-state index < -0.39 is 0 Å². The lowest BCUT2D eigenvalue weighted by Gasteiger charge is -2.31. The molecule has 1 saturated carbocycles. The van der Waals surface area contributed by atoms with Crippen molar-refractivity contribution < 1.29 is 4.74 Å². The highest BCUT2D eigenvalue weighted by molar-refractivity contribution is 5.55. The smallest absolute Gasteiger partial charge is 0.159 e. The van der Waals surface area contributed by atoms with Gasteiger partial charge in [-0.2, -0.15) is 0 Å². The molecule has 0 saturated heterocycles. The number of benzene rings is 1. The minimum Gasteiger partial charge on any atom is -0.494 e. The van der Waals surface area contributed by atoms with E-state index in [1.165, 1.54) is 89.0 Å². The topological polar surface area (TPSA) is 35.0 Å². The summed E-state index contributed by atoms with van der Waals surface area (Å²) in [6.45, 7) is 5.41. The van der Waals surface area contributed by atoms with E-state index >= 15 is 0 Å². The average molecular weight is 451 g/mol. The van der Waals surface area contributed by atoms with Crippen molar-refractivity contribution in [2.24, 2.45) is 11.8 Å². The van der Waals surface area contributed by atoms with Crippen LogP contribution in [0.5, 0.6) is 5.75 Å². The van der Waals surface area contributed by atoms with Gasteiger partial charge in [-0.25, -0.2) is 9.97 Å². The molecule has 33 heavy (non-hydrogen) atoms. The molecule has 1 aliphatic carbocycles. The maximum Gasteiger partial charge on any atom is 0.159 e. The molecule has 3 nitrogen and oxygen atoms in total. The lowest BCUT2D eigenvalue weighted by atomic mass is 9.75. The second-order valence-electron chi connectivity index (χ2n) is 10.0. The van der Waals surface area contributed by atoms with Crippen LogP contribution in [0.4, 0.5) is 0 Å². The molecule has 182 valence electrons.